The first-order chi connectivity index (χ1) is 19.5. The number of rotatable bonds is 8. The van der Waals surface area contributed by atoms with Crippen LogP contribution in [0.4, 0.5) is 8.78 Å². The first kappa shape index (κ1) is 32.9. The standard InChI is InChI=1S/C22H28F2O17S/c23-10-2-7-6(1-11(27)39-17(7)19(24)22(10,33)34)5-42(35,36)41-21-16(32)14(30)18(9(4-26)38-21)40-20-15(31)13(29)12(28)8(3-25)37-20/h1-2,8-9,12-16,18-21,25-26,28-34H,3-5H2/t8-,9-,12-,13+,14-,15-,16-,18-,19?,20+,21+/m1/s1. The van der Waals surface area contributed by atoms with Gasteiger partial charge in [0.15, 0.2) is 17.9 Å². The van der Waals surface area contributed by atoms with Gasteiger partial charge < -0.3 is 64.6 Å². The Morgan fingerprint density at radius 1 is 0.905 bits per heavy atom. The quantitative estimate of drug-likeness (QED) is 0.0957. The number of halogens is 2. The van der Waals surface area contributed by atoms with Crippen LogP contribution in [0.25, 0.3) is 6.08 Å². The molecule has 238 valence electrons. The summed E-state index contributed by atoms with van der Waals surface area (Å²) >= 11 is 0. The zero-order valence-electron chi connectivity index (χ0n) is 21.1. The summed E-state index contributed by atoms with van der Waals surface area (Å²) in [5.41, 5.74) is -2.61. The second-order valence-corrected chi connectivity index (χ2v) is 11.3. The number of hydrogen-bond acceptors (Lipinski definition) is 17. The summed E-state index contributed by atoms with van der Waals surface area (Å²) in [6, 6.07) is 0.534. The number of fused-ring (bicyclic) bond motifs is 1. The van der Waals surface area contributed by atoms with E-state index in [0.717, 1.165) is 0 Å². The van der Waals surface area contributed by atoms with Crippen molar-refractivity contribution in [2.24, 2.45) is 0 Å². The van der Waals surface area contributed by atoms with Crippen molar-refractivity contribution in [2.45, 2.75) is 79.1 Å². The Kier molecular flexibility index (Phi) is 9.53. The Morgan fingerprint density at radius 2 is 1.50 bits per heavy atom. The van der Waals surface area contributed by atoms with Crippen molar-refractivity contribution in [3.63, 3.8) is 0 Å². The van der Waals surface area contributed by atoms with Crippen molar-refractivity contribution in [1.82, 2.24) is 0 Å². The largest absolute Gasteiger partial charge is 0.424 e. The van der Waals surface area contributed by atoms with Crippen LogP contribution in [0.5, 0.6) is 0 Å². The van der Waals surface area contributed by atoms with Crippen molar-refractivity contribution in [3.05, 3.63) is 39.2 Å². The topological polar surface area (TPSA) is 283 Å². The van der Waals surface area contributed by atoms with E-state index >= 15 is 0 Å². The van der Waals surface area contributed by atoms with Gasteiger partial charge in [0.2, 0.25) is 12.5 Å². The summed E-state index contributed by atoms with van der Waals surface area (Å²) in [5, 5.41) is 89.3. The molecule has 17 nitrogen and oxygen atoms in total. The predicted octanol–water partition coefficient (Wildman–Crippen LogP) is -4.87. The third-order valence-electron chi connectivity index (χ3n) is 6.85. The SMILES string of the molecule is O=c1cc(CS(=O)(=O)O[C@@H]2O[C@H](CO)[C@@H](O[C@@H]3O[C@H](CO)[C@@H](O)[C@H](O)[C@H]3O)[C@H](O)[C@H]2O)c2c(o1)C(F)C(O)(O)C(F)=C2. The fraction of sp³-hybridized carbons (Fsp3) is 0.682. The van der Waals surface area contributed by atoms with E-state index < -0.39 is 131 Å². The summed E-state index contributed by atoms with van der Waals surface area (Å²) in [4.78, 5) is 11.9. The van der Waals surface area contributed by atoms with Crippen molar-refractivity contribution >= 4 is 16.2 Å². The van der Waals surface area contributed by atoms with Crippen LogP contribution in [0.2, 0.25) is 0 Å². The maximum absolute atomic E-state index is 14.5. The lowest BCUT2D eigenvalue weighted by Gasteiger charge is -2.45. The lowest BCUT2D eigenvalue weighted by molar-refractivity contribution is -0.352. The molecule has 1 aromatic rings. The molecule has 4 rings (SSSR count). The van der Waals surface area contributed by atoms with E-state index in [0.29, 0.717) is 12.1 Å². The molecule has 9 N–H and O–H groups in total. The molecular formula is C22H28F2O17S. The van der Waals surface area contributed by atoms with Gasteiger partial charge in [0, 0.05) is 11.6 Å². The average molecular weight is 635 g/mol. The first-order valence-corrected chi connectivity index (χ1v) is 13.7. The number of aliphatic hydroxyl groups is 9. The van der Waals surface area contributed by atoms with Crippen LogP contribution >= 0.6 is 0 Å². The van der Waals surface area contributed by atoms with Crippen molar-refractivity contribution in [1.29, 1.82) is 0 Å². The van der Waals surface area contributed by atoms with Gasteiger partial charge >= 0.3 is 5.63 Å². The van der Waals surface area contributed by atoms with Gasteiger partial charge in [0.05, 0.1) is 13.2 Å². The van der Waals surface area contributed by atoms with Crippen molar-refractivity contribution < 1.29 is 86.0 Å². The normalized spacial score (nSPS) is 38.5. The molecule has 11 atom stereocenters. The van der Waals surface area contributed by atoms with E-state index in [4.69, 9.17) is 18.4 Å². The molecule has 0 saturated carbocycles. The molecule has 0 bridgehead atoms. The second-order valence-electron chi connectivity index (χ2n) is 9.75. The third-order valence-corrected chi connectivity index (χ3v) is 8.00. The molecule has 3 heterocycles. The molecule has 0 spiro atoms. The Bertz CT molecular complexity index is 1330. The lowest BCUT2D eigenvalue weighted by atomic mass is 9.94. The lowest BCUT2D eigenvalue weighted by Crippen LogP contribution is -2.64. The highest BCUT2D eigenvalue weighted by Crippen LogP contribution is 2.42. The molecule has 2 fully saturated rings. The van der Waals surface area contributed by atoms with Crippen LogP contribution in [0, 0.1) is 0 Å². The Balaban J connectivity index is 1.52. The molecule has 0 aromatic carbocycles. The van der Waals surface area contributed by atoms with E-state index in [9.17, 15) is 68.0 Å². The first-order valence-electron chi connectivity index (χ1n) is 12.1. The maximum Gasteiger partial charge on any atom is 0.336 e. The Hall–Kier alpha value is -2.02. The van der Waals surface area contributed by atoms with E-state index in [2.05, 4.69) is 4.42 Å². The molecular weight excluding hydrogens is 606 g/mol. The molecule has 0 amide bonds. The third kappa shape index (κ3) is 6.14. The molecule has 0 radical (unpaired) electrons. The van der Waals surface area contributed by atoms with Crippen LogP contribution in [-0.2, 0) is 34.3 Å². The smallest absolute Gasteiger partial charge is 0.336 e. The summed E-state index contributed by atoms with van der Waals surface area (Å²) in [6.45, 7) is -1.83. The highest BCUT2D eigenvalue weighted by Gasteiger charge is 2.52. The minimum atomic E-state index is -4.97. The van der Waals surface area contributed by atoms with E-state index in [-0.39, 0.29) is 0 Å². The predicted molar refractivity (Wildman–Crippen MR) is 125 cm³/mol. The van der Waals surface area contributed by atoms with E-state index in [1.165, 1.54) is 0 Å². The summed E-state index contributed by atoms with van der Waals surface area (Å²) in [6.07, 6.45) is -21.6. The number of aliphatic hydroxyl groups excluding tert-OH is 7. The maximum atomic E-state index is 14.5. The van der Waals surface area contributed by atoms with Gasteiger partial charge in [-0.15, -0.1) is 0 Å². The van der Waals surface area contributed by atoms with Crippen LogP contribution in [-0.4, -0.2) is 135 Å². The fourth-order valence-corrected chi connectivity index (χ4v) is 5.72. The average Bonchev–Trinajstić information content (AvgIpc) is 2.92. The fourth-order valence-electron chi connectivity index (χ4n) is 4.58. The Labute approximate surface area is 234 Å². The second kappa shape index (κ2) is 12.2. The van der Waals surface area contributed by atoms with Gasteiger partial charge in [0.1, 0.15) is 54.6 Å². The van der Waals surface area contributed by atoms with Gasteiger partial charge in [-0.2, -0.15) is 8.42 Å². The highest BCUT2D eigenvalue weighted by atomic mass is 32.2. The molecule has 1 aliphatic carbocycles. The van der Waals surface area contributed by atoms with E-state index in [1.54, 1.807) is 0 Å². The van der Waals surface area contributed by atoms with Gasteiger partial charge in [-0.1, -0.05) is 0 Å². The Morgan fingerprint density at radius 3 is 2.12 bits per heavy atom. The number of alkyl halides is 1. The molecule has 20 heteroatoms. The summed E-state index contributed by atoms with van der Waals surface area (Å²) in [7, 11) is -4.97. The summed E-state index contributed by atoms with van der Waals surface area (Å²) in [5.74, 6) is -7.92. The minimum absolute atomic E-state index is 0.331. The summed E-state index contributed by atoms with van der Waals surface area (Å²) < 4.78 is 79.3. The van der Waals surface area contributed by atoms with Crippen LogP contribution in [0.1, 0.15) is 23.1 Å². The molecule has 42 heavy (non-hydrogen) atoms. The van der Waals surface area contributed by atoms with Crippen LogP contribution < -0.4 is 5.63 Å². The number of ether oxygens (including phenoxy) is 3. The van der Waals surface area contributed by atoms with Crippen LogP contribution in [0.15, 0.2) is 21.1 Å². The highest BCUT2D eigenvalue weighted by molar-refractivity contribution is 7.85. The zero-order valence-corrected chi connectivity index (χ0v) is 21.9. The van der Waals surface area contributed by atoms with Crippen LogP contribution in [0.3, 0.4) is 0 Å². The van der Waals surface area contributed by atoms with Gasteiger partial charge in [-0.05, 0) is 11.6 Å². The molecule has 2 aliphatic heterocycles. The van der Waals surface area contributed by atoms with Gasteiger partial charge in [-0.25, -0.2) is 17.8 Å². The molecule has 3 aliphatic rings. The minimum Gasteiger partial charge on any atom is -0.424 e. The zero-order chi connectivity index (χ0) is 31.3. The van der Waals surface area contributed by atoms with Crippen molar-refractivity contribution in [3.8, 4) is 0 Å². The molecule has 1 aromatic heterocycles. The van der Waals surface area contributed by atoms with Crippen molar-refractivity contribution in [2.75, 3.05) is 13.2 Å². The monoisotopic (exact) mass is 634 g/mol. The van der Waals surface area contributed by atoms with E-state index in [1.807, 2.05) is 0 Å². The molecule has 2 saturated heterocycles. The van der Waals surface area contributed by atoms with Gasteiger partial charge in [0.25, 0.3) is 15.9 Å². The molecule has 1 unspecified atom stereocenters. The number of hydrogen-bond donors (Lipinski definition) is 9. The van der Waals surface area contributed by atoms with Gasteiger partial charge in [-0.3, -0.25) is 0 Å².